The first kappa shape index (κ1) is 13.5. The summed E-state index contributed by atoms with van der Waals surface area (Å²) in [5, 5.41) is 3.58. The highest BCUT2D eigenvalue weighted by molar-refractivity contribution is 5.19. The molecule has 1 heterocycles. The summed E-state index contributed by atoms with van der Waals surface area (Å²) in [4.78, 5) is 2.48. The second-order valence-corrected chi connectivity index (χ2v) is 5.11. The average molecular weight is 250 g/mol. The molecule has 1 aromatic rings. The number of nitrogens with one attached hydrogen (secondary N) is 1. The normalized spacial score (nSPS) is 23.6. The Morgan fingerprint density at radius 2 is 2.06 bits per heavy atom. The number of rotatable bonds is 3. The van der Waals surface area contributed by atoms with Crippen LogP contribution >= 0.6 is 0 Å². The van der Waals surface area contributed by atoms with Crippen LogP contribution in [0.3, 0.4) is 0 Å². The van der Waals surface area contributed by atoms with Crippen LogP contribution in [0.25, 0.3) is 0 Å². The lowest BCUT2D eigenvalue weighted by molar-refractivity contribution is 0.223. The highest BCUT2D eigenvalue weighted by Crippen LogP contribution is 2.21. The molecule has 0 bridgehead atoms. The fourth-order valence-electron chi connectivity index (χ4n) is 2.64. The molecule has 0 saturated carbocycles. The SMILES string of the molecule is CCC1CCN(C(C)c2ccc(F)cc2)CCN1. The summed E-state index contributed by atoms with van der Waals surface area (Å²) < 4.78 is 12.9. The molecule has 2 nitrogen and oxygen atoms in total. The fraction of sp³-hybridized carbons (Fsp3) is 0.600. The third kappa shape index (κ3) is 3.30. The molecule has 1 aromatic carbocycles. The molecule has 3 heteroatoms. The third-order valence-corrected chi connectivity index (χ3v) is 3.99. The molecule has 1 aliphatic heterocycles. The van der Waals surface area contributed by atoms with E-state index in [1.165, 1.54) is 18.4 Å². The van der Waals surface area contributed by atoms with Crippen LogP contribution in [0, 0.1) is 5.82 Å². The van der Waals surface area contributed by atoms with Gasteiger partial charge in [-0.15, -0.1) is 0 Å². The molecule has 0 aromatic heterocycles. The lowest BCUT2D eigenvalue weighted by atomic mass is 10.1. The number of halogens is 1. The average Bonchev–Trinajstić information content (AvgIpc) is 2.64. The Kier molecular flexibility index (Phi) is 4.72. The summed E-state index contributed by atoms with van der Waals surface area (Å²) in [6.07, 6.45) is 2.39. The zero-order chi connectivity index (χ0) is 13.0. The Morgan fingerprint density at radius 1 is 1.33 bits per heavy atom. The van der Waals surface area contributed by atoms with Crippen molar-refractivity contribution in [3.05, 3.63) is 35.6 Å². The standard InChI is InChI=1S/C15H23FN2/c1-3-15-8-10-18(11-9-17-15)12(2)13-4-6-14(16)7-5-13/h4-7,12,15,17H,3,8-11H2,1-2H3. The Hall–Kier alpha value is -0.930. The topological polar surface area (TPSA) is 15.3 Å². The molecule has 18 heavy (non-hydrogen) atoms. The van der Waals surface area contributed by atoms with Gasteiger partial charge in [0.2, 0.25) is 0 Å². The van der Waals surface area contributed by atoms with Crippen LogP contribution in [0.15, 0.2) is 24.3 Å². The van der Waals surface area contributed by atoms with Crippen LogP contribution in [-0.4, -0.2) is 30.6 Å². The molecular formula is C15H23FN2. The van der Waals surface area contributed by atoms with Crippen LogP contribution in [0.2, 0.25) is 0 Å². The van der Waals surface area contributed by atoms with E-state index < -0.39 is 0 Å². The first-order valence-electron chi connectivity index (χ1n) is 6.93. The molecule has 0 spiro atoms. The minimum Gasteiger partial charge on any atom is -0.313 e. The van der Waals surface area contributed by atoms with E-state index >= 15 is 0 Å². The van der Waals surface area contributed by atoms with Gasteiger partial charge in [-0.1, -0.05) is 19.1 Å². The first-order valence-corrected chi connectivity index (χ1v) is 6.93. The third-order valence-electron chi connectivity index (χ3n) is 3.99. The van der Waals surface area contributed by atoms with Gasteiger partial charge in [0.1, 0.15) is 5.82 Å². The van der Waals surface area contributed by atoms with Gasteiger partial charge < -0.3 is 5.32 Å². The van der Waals surface area contributed by atoms with Crippen LogP contribution in [0.1, 0.15) is 38.3 Å². The van der Waals surface area contributed by atoms with Gasteiger partial charge in [-0.3, -0.25) is 4.90 Å². The van der Waals surface area contributed by atoms with Crippen molar-refractivity contribution >= 4 is 0 Å². The summed E-state index contributed by atoms with van der Waals surface area (Å²) in [5.41, 5.74) is 1.20. The number of hydrogen-bond acceptors (Lipinski definition) is 2. The van der Waals surface area contributed by atoms with Gasteiger partial charge in [0.05, 0.1) is 0 Å². The van der Waals surface area contributed by atoms with Crippen LogP contribution in [0.5, 0.6) is 0 Å². The molecule has 0 amide bonds. The number of benzene rings is 1. The number of nitrogens with zero attached hydrogens (tertiary/aromatic N) is 1. The van der Waals surface area contributed by atoms with Gasteiger partial charge in [-0.05, 0) is 37.5 Å². The molecule has 2 atom stereocenters. The predicted molar refractivity (Wildman–Crippen MR) is 73.1 cm³/mol. The van der Waals surface area contributed by atoms with E-state index in [9.17, 15) is 4.39 Å². The highest BCUT2D eigenvalue weighted by atomic mass is 19.1. The Balaban J connectivity index is 2.00. The molecule has 1 fully saturated rings. The minimum atomic E-state index is -0.158. The van der Waals surface area contributed by atoms with Gasteiger partial charge in [-0.25, -0.2) is 4.39 Å². The summed E-state index contributed by atoms with van der Waals surface area (Å²) >= 11 is 0. The zero-order valence-electron chi connectivity index (χ0n) is 11.3. The van der Waals surface area contributed by atoms with E-state index in [2.05, 4.69) is 24.1 Å². The second kappa shape index (κ2) is 6.30. The van der Waals surface area contributed by atoms with E-state index in [-0.39, 0.29) is 5.82 Å². The monoisotopic (exact) mass is 250 g/mol. The van der Waals surface area contributed by atoms with Gasteiger partial charge in [0, 0.05) is 31.7 Å². The van der Waals surface area contributed by atoms with Crippen LogP contribution < -0.4 is 5.32 Å². The second-order valence-electron chi connectivity index (χ2n) is 5.11. The number of hydrogen-bond donors (Lipinski definition) is 1. The Bertz CT molecular complexity index is 363. The van der Waals surface area contributed by atoms with Crippen molar-refractivity contribution in [3.63, 3.8) is 0 Å². The van der Waals surface area contributed by atoms with Crippen LogP contribution in [0.4, 0.5) is 4.39 Å². The van der Waals surface area contributed by atoms with Gasteiger partial charge in [-0.2, -0.15) is 0 Å². The minimum absolute atomic E-state index is 0.158. The van der Waals surface area contributed by atoms with Crippen molar-refractivity contribution in [2.75, 3.05) is 19.6 Å². The summed E-state index contributed by atoms with van der Waals surface area (Å²) in [6, 6.07) is 7.91. The molecular weight excluding hydrogens is 227 g/mol. The highest BCUT2D eigenvalue weighted by Gasteiger charge is 2.20. The molecule has 2 rings (SSSR count). The van der Waals surface area contributed by atoms with Crippen molar-refractivity contribution in [1.82, 2.24) is 10.2 Å². The van der Waals surface area contributed by atoms with E-state index in [0.29, 0.717) is 12.1 Å². The lowest BCUT2D eigenvalue weighted by Crippen LogP contribution is -2.31. The Morgan fingerprint density at radius 3 is 2.72 bits per heavy atom. The van der Waals surface area contributed by atoms with Gasteiger partial charge in [0.15, 0.2) is 0 Å². The van der Waals surface area contributed by atoms with E-state index in [0.717, 1.165) is 19.6 Å². The summed E-state index contributed by atoms with van der Waals surface area (Å²) in [5.74, 6) is -0.158. The predicted octanol–water partition coefficient (Wildman–Crippen LogP) is 2.96. The maximum atomic E-state index is 12.9. The van der Waals surface area contributed by atoms with Gasteiger partial charge >= 0.3 is 0 Å². The van der Waals surface area contributed by atoms with Crippen LogP contribution in [-0.2, 0) is 0 Å². The summed E-state index contributed by atoms with van der Waals surface area (Å²) in [6.45, 7) is 7.67. The van der Waals surface area contributed by atoms with Crippen molar-refractivity contribution < 1.29 is 4.39 Å². The molecule has 1 aliphatic rings. The molecule has 2 unspecified atom stereocenters. The first-order chi connectivity index (χ1) is 8.70. The van der Waals surface area contributed by atoms with E-state index in [4.69, 9.17) is 0 Å². The van der Waals surface area contributed by atoms with E-state index in [1.54, 1.807) is 12.1 Å². The molecule has 100 valence electrons. The van der Waals surface area contributed by atoms with Crippen molar-refractivity contribution in [1.29, 1.82) is 0 Å². The van der Waals surface area contributed by atoms with Crippen molar-refractivity contribution in [2.24, 2.45) is 0 Å². The summed E-state index contributed by atoms with van der Waals surface area (Å²) in [7, 11) is 0. The Labute approximate surface area is 109 Å². The maximum Gasteiger partial charge on any atom is 0.123 e. The molecule has 0 aliphatic carbocycles. The maximum absolute atomic E-state index is 12.9. The smallest absolute Gasteiger partial charge is 0.123 e. The zero-order valence-corrected chi connectivity index (χ0v) is 11.3. The van der Waals surface area contributed by atoms with Crippen molar-refractivity contribution in [3.8, 4) is 0 Å². The fourth-order valence-corrected chi connectivity index (χ4v) is 2.64. The molecule has 0 radical (unpaired) electrons. The van der Waals surface area contributed by atoms with Gasteiger partial charge in [0.25, 0.3) is 0 Å². The molecule has 1 N–H and O–H groups in total. The largest absolute Gasteiger partial charge is 0.313 e. The lowest BCUT2D eigenvalue weighted by Gasteiger charge is -2.27. The van der Waals surface area contributed by atoms with E-state index in [1.807, 2.05) is 12.1 Å². The quantitative estimate of drug-likeness (QED) is 0.887. The van der Waals surface area contributed by atoms with Crippen molar-refractivity contribution in [2.45, 2.75) is 38.8 Å². The molecule has 1 saturated heterocycles.